The summed E-state index contributed by atoms with van der Waals surface area (Å²) in [7, 11) is 1.69. The van der Waals surface area contributed by atoms with Crippen LogP contribution >= 0.6 is 0 Å². The molecule has 3 saturated heterocycles. The highest BCUT2D eigenvalue weighted by molar-refractivity contribution is 5.69. The molecule has 3 aliphatic rings. The van der Waals surface area contributed by atoms with Crippen molar-refractivity contribution in [3.8, 4) is 0 Å². The first-order chi connectivity index (χ1) is 15.7. The van der Waals surface area contributed by atoms with Gasteiger partial charge in [-0.25, -0.2) is 14.8 Å². The molecular weight excluding hydrogens is 439 g/mol. The number of nitrogens with zero attached hydrogens (tertiary/aromatic N) is 7. The summed E-state index contributed by atoms with van der Waals surface area (Å²) < 4.78 is 47.4. The molecule has 9 nitrogen and oxygen atoms in total. The topological polar surface area (TPSA) is 81.3 Å². The van der Waals surface area contributed by atoms with Gasteiger partial charge in [0.1, 0.15) is 11.5 Å². The largest absolute Gasteiger partial charge is 0.433 e. The van der Waals surface area contributed by atoms with Gasteiger partial charge in [0.2, 0.25) is 0 Å². The number of ether oxygens (including phenoxy) is 1. The molecule has 33 heavy (non-hydrogen) atoms. The number of anilines is 2. The van der Waals surface area contributed by atoms with Crippen LogP contribution in [0.3, 0.4) is 0 Å². The van der Waals surface area contributed by atoms with Crippen LogP contribution in [0.4, 0.5) is 24.7 Å². The number of alkyl halides is 3. The number of rotatable bonds is 3. The second kappa shape index (κ2) is 6.92. The van der Waals surface area contributed by atoms with Crippen molar-refractivity contribution >= 4 is 22.8 Å². The van der Waals surface area contributed by atoms with Crippen LogP contribution < -0.4 is 15.5 Å². The number of halogens is 3. The molecule has 6 heterocycles. The number of hydrogen-bond donors (Lipinski definition) is 0. The summed E-state index contributed by atoms with van der Waals surface area (Å²) in [5, 5.41) is 0. The van der Waals surface area contributed by atoms with Gasteiger partial charge in [0, 0.05) is 50.5 Å². The number of pyridine rings is 1. The van der Waals surface area contributed by atoms with E-state index in [9.17, 15) is 18.0 Å². The van der Waals surface area contributed by atoms with Crippen LogP contribution in [-0.2, 0) is 18.0 Å². The SMILES string of the molecule is Cn1c(=O)n(C2COC2)c2ncc(N3CCC4(CN(c5ccnc(C(F)(F)F)c5)C4)C3)nc21. The van der Waals surface area contributed by atoms with Crippen LogP contribution in [0.25, 0.3) is 11.3 Å². The number of aryl methyl sites for hydroxylation is 1. The summed E-state index contributed by atoms with van der Waals surface area (Å²) in [4.78, 5) is 29.5. The molecule has 0 atom stereocenters. The highest BCUT2D eigenvalue weighted by Crippen LogP contribution is 2.43. The van der Waals surface area contributed by atoms with Crippen LogP contribution in [0, 0.1) is 5.41 Å². The first-order valence-corrected chi connectivity index (χ1v) is 10.8. The average Bonchev–Trinajstić information content (AvgIpc) is 3.28. The van der Waals surface area contributed by atoms with E-state index in [0.29, 0.717) is 49.1 Å². The smallest absolute Gasteiger partial charge is 0.377 e. The van der Waals surface area contributed by atoms with Gasteiger partial charge in [-0.05, 0) is 18.6 Å². The Labute approximate surface area is 186 Å². The van der Waals surface area contributed by atoms with Crippen molar-refractivity contribution in [3.63, 3.8) is 0 Å². The molecule has 3 fully saturated rings. The Morgan fingerprint density at radius 2 is 1.88 bits per heavy atom. The third-order valence-electron chi connectivity index (χ3n) is 6.96. The quantitative estimate of drug-likeness (QED) is 0.589. The van der Waals surface area contributed by atoms with Crippen molar-refractivity contribution < 1.29 is 17.9 Å². The molecule has 3 aromatic rings. The lowest BCUT2D eigenvalue weighted by molar-refractivity contribution is -0.141. The van der Waals surface area contributed by atoms with E-state index < -0.39 is 11.9 Å². The Bertz CT molecular complexity index is 1290. The average molecular weight is 461 g/mol. The summed E-state index contributed by atoms with van der Waals surface area (Å²) in [6.07, 6.45) is -0.628. The van der Waals surface area contributed by atoms with Gasteiger partial charge < -0.3 is 14.5 Å². The van der Waals surface area contributed by atoms with Gasteiger partial charge in [-0.1, -0.05) is 0 Å². The van der Waals surface area contributed by atoms with Crippen LogP contribution in [0.2, 0.25) is 0 Å². The second-order valence-electron chi connectivity index (χ2n) is 9.20. The Kier molecular flexibility index (Phi) is 4.29. The molecule has 0 bridgehead atoms. The van der Waals surface area contributed by atoms with E-state index in [0.717, 1.165) is 25.6 Å². The van der Waals surface area contributed by atoms with Crippen LogP contribution in [0.15, 0.2) is 29.3 Å². The monoisotopic (exact) mass is 461 g/mol. The number of imidazole rings is 1. The van der Waals surface area contributed by atoms with E-state index in [1.807, 2.05) is 4.90 Å². The molecule has 6 rings (SSSR count). The van der Waals surface area contributed by atoms with E-state index >= 15 is 0 Å². The van der Waals surface area contributed by atoms with Crippen molar-refractivity contribution in [2.75, 3.05) is 49.2 Å². The highest BCUT2D eigenvalue weighted by Gasteiger charge is 2.48. The lowest BCUT2D eigenvalue weighted by Gasteiger charge is -2.49. The van der Waals surface area contributed by atoms with Crippen LogP contribution in [0.1, 0.15) is 18.2 Å². The summed E-state index contributed by atoms with van der Waals surface area (Å²) in [5.74, 6) is 0.707. The molecule has 12 heteroatoms. The normalized spacial score (nSPS) is 20.5. The fourth-order valence-corrected chi connectivity index (χ4v) is 5.06. The fraction of sp³-hybridized carbons (Fsp3) is 0.524. The van der Waals surface area contributed by atoms with Gasteiger partial charge in [-0.3, -0.25) is 14.1 Å². The van der Waals surface area contributed by atoms with E-state index in [2.05, 4.69) is 14.9 Å². The molecule has 0 aromatic carbocycles. The molecule has 0 aliphatic carbocycles. The zero-order chi connectivity index (χ0) is 23.0. The van der Waals surface area contributed by atoms with Crippen molar-refractivity contribution in [2.45, 2.75) is 18.6 Å². The zero-order valence-electron chi connectivity index (χ0n) is 17.9. The Hall–Kier alpha value is -3.15. The Morgan fingerprint density at radius 3 is 2.58 bits per heavy atom. The van der Waals surface area contributed by atoms with E-state index in [1.54, 1.807) is 23.9 Å². The zero-order valence-corrected chi connectivity index (χ0v) is 17.9. The molecule has 0 amide bonds. The van der Waals surface area contributed by atoms with Gasteiger partial charge in [0.25, 0.3) is 0 Å². The molecule has 3 aromatic heterocycles. The molecule has 0 saturated carbocycles. The predicted molar refractivity (Wildman–Crippen MR) is 113 cm³/mol. The first kappa shape index (κ1) is 20.5. The predicted octanol–water partition coefficient (Wildman–Crippen LogP) is 1.83. The number of fused-ring (bicyclic) bond motifs is 1. The van der Waals surface area contributed by atoms with Crippen molar-refractivity contribution in [1.82, 2.24) is 24.1 Å². The third kappa shape index (κ3) is 3.18. The second-order valence-corrected chi connectivity index (χ2v) is 9.20. The standard InChI is InChI=1S/C21H22F3N7O2/c1-28-18-17(31(19(28)32)14-8-33-9-14)26-7-16(27-18)29-5-3-20(10-29)11-30(12-20)13-2-4-25-15(6-13)21(22,23)24/h2,4,6-7,14H,3,5,8-12H2,1H3. The first-order valence-electron chi connectivity index (χ1n) is 10.8. The van der Waals surface area contributed by atoms with Crippen molar-refractivity contribution in [3.05, 3.63) is 40.7 Å². The maximum atomic E-state index is 13.0. The minimum Gasteiger partial charge on any atom is -0.377 e. The molecule has 3 aliphatic heterocycles. The lowest BCUT2D eigenvalue weighted by Crippen LogP contribution is -2.57. The summed E-state index contributed by atoms with van der Waals surface area (Å²) >= 11 is 0. The maximum absolute atomic E-state index is 13.0. The van der Waals surface area contributed by atoms with Gasteiger partial charge in [-0.2, -0.15) is 13.2 Å². The highest BCUT2D eigenvalue weighted by atomic mass is 19.4. The van der Waals surface area contributed by atoms with Crippen molar-refractivity contribution in [2.24, 2.45) is 12.5 Å². The third-order valence-corrected chi connectivity index (χ3v) is 6.96. The number of aromatic nitrogens is 5. The minimum atomic E-state index is -4.45. The van der Waals surface area contributed by atoms with E-state index in [1.165, 1.54) is 10.8 Å². The minimum absolute atomic E-state index is 0.000610. The van der Waals surface area contributed by atoms with Crippen molar-refractivity contribution in [1.29, 1.82) is 0 Å². The molecule has 1 spiro atoms. The van der Waals surface area contributed by atoms with E-state index in [4.69, 9.17) is 9.72 Å². The molecule has 174 valence electrons. The molecule has 0 unspecified atom stereocenters. The van der Waals surface area contributed by atoms with Gasteiger partial charge in [-0.15, -0.1) is 0 Å². The lowest BCUT2D eigenvalue weighted by atomic mass is 9.79. The van der Waals surface area contributed by atoms with Crippen LogP contribution in [-0.4, -0.2) is 63.5 Å². The molecule has 0 N–H and O–H groups in total. The molecule has 0 radical (unpaired) electrons. The van der Waals surface area contributed by atoms with Gasteiger partial charge >= 0.3 is 11.9 Å². The number of hydrogen-bond acceptors (Lipinski definition) is 7. The summed E-state index contributed by atoms with van der Waals surface area (Å²) in [5.41, 5.74) is 0.610. The summed E-state index contributed by atoms with van der Waals surface area (Å²) in [6, 6.07) is 2.72. The Balaban J connectivity index is 1.20. The fourth-order valence-electron chi connectivity index (χ4n) is 5.06. The van der Waals surface area contributed by atoms with E-state index in [-0.39, 0.29) is 17.1 Å². The molecular formula is C21H22F3N7O2. The van der Waals surface area contributed by atoms with Crippen LogP contribution in [0.5, 0.6) is 0 Å². The van der Waals surface area contributed by atoms with Gasteiger partial charge in [0.15, 0.2) is 11.3 Å². The Morgan fingerprint density at radius 1 is 1.12 bits per heavy atom. The summed E-state index contributed by atoms with van der Waals surface area (Å²) in [6.45, 7) is 3.87. The maximum Gasteiger partial charge on any atom is 0.433 e. The van der Waals surface area contributed by atoms with Gasteiger partial charge in [0.05, 0.1) is 25.5 Å².